The fourth-order valence-corrected chi connectivity index (χ4v) is 12.9. The molecule has 0 unspecified atom stereocenters. The molecule has 4 heteroatoms. The van der Waals surface area contributed by atoms with E-state index >= 15 is 0 Å². The molecule has 0 aliphatic rings. The Balaban J connectivity index is 3.33. The summed E-state index contributed by atoms with van der Waals surface area (Å²) >= 11 is 0. The lowest BCUT2D eigenvalue weighted by Crippen LogP contribution is -2.50. The van der Waals surface area contributed by atoms with Crippen molar-refractivity contribution in [1.29, 1.82) is 0 Å². The molecule has 0 bridgehead atoms. The van der Waals surface area contributed by atoms with Gasteiger partial charge in [0.15, 0.2) is 0 Å². The van der Waals surface area contributed by atoms with E-state index in [0.717, 1.165) is 39.3 Å². The lowest BCUT2D eigenvalue weighted by atomic mass is 10.1. The Bertz CT molecular complexity index is 812. The second-order valence-electron chi connectivity index (χ2n) is 14.6. The van der Waals surface area contributed by atoms with Crippen molar-refractivity contribution in [3.63, 3.8) is 0 Å². The number of hydrogen-bond donors (Lipinski definition) is 0. The van der Waals surface area contributed by atoms with Crippen LogP contribution in [-0.2, 0) is 13.1 Å². The average molecular weight is 617 g/mol. The molecular weight excluding hydrogens is 541 g/mol. The summed E-state index contributed by atoms with van der Waals surface area (Å²) in [4.78, 5) is 5.32. The third-order valence-electron chi connectivity index (χ3n) is 10.2. The van der Waals surface area contributed by atoms with Gasteiger partial charge in [-0.05, 0) is 37.3 Å². The molecule has 0 fully saturated rings. The maximum atomic E-state index is 2.79. The van der Waals surface area contributed by atoms with Crippen molar-refractivity contribution >= 4 is 26.5 Å². The predicted octanol–water partition coefficient (Wildman–Crippen LogP) is 10.7. The summed E-state index contributed by atoms with van der Waals surface area (Å²) in [6.45, 7) is 31.6. The minimum absolute atomic E-state index is 1.13. The second kappa shape index (κ2) is 22.1. The number of hydrogen-bond acceptors (Lipinski definition) is 2. The molecule has 1 aromatic rings. The van der Waals surface area contributed by atoms with Crippen LogP contribution < -0.4 is 10.4 Å². The maximum Gasteiger partial charge on any atom is 0.0810 e. The lowest BCUT2D eigenvalue weighted by Gasteiger charge is -2.34. The summed E-state index contributed by atoms with van der Waals surface area (Å²) in [7, 11) is -3.11. The molecule has 0 saturated heterocycles. The van der Waals surface area contributed by atoms with Crippen molar-refractivity contribution in [2.45, 2.75) is 183 Å². The molecule has 2 nitrogen and oxygen atoms in total. The van der Waals surface area contributed by atoms with E-state index in [2.05, 4.69) is 89.7 Å². The topological polar surface area (TPSA) is 6.48 Å². The fraction of sp³-hybridized carbons (Fsp3) is 0.842. The normalized spacial score (nSPS) is 12.7. The van der Waals surface area contributed by atoms with E-state index < -0.39 is 16.1 Å². The number of benzene rings is 1. The Morgan fingerprint density at radius 3 is 1.00 bits per heavy atom. The molecule has 1 aromatic carbocycles. The van der Waals surface area contributed by atoms with Gasteiger partial charge in [0, 0.05) is 13.1 Å². The highest BCUT2D eigenvalue weighted by molar-refractivity contribution is 6.91. The lowest BCUT2D eigenvalue weighted by molar-refractivity contribution is 0.294. The van der Waals surface area contributed by atoms with Crippen molar-refractivity contribution in [1.82, 2.24) is 9.80 Å². The molecule has 1 rings (SSSR count). The Morgan fingerprint density at radius 1 is 0.429 bits per heavy atom. The third kappa shape index (κ3) is 14.6. The first-order valence-corrected chi connectivity index (χ1v) is 25.1. The van der Waals surface area contributed by atoms with Crippen molar-refractivity contribution in [3.05, 3.63) is 23.3 Å². The Morgan fingerprint density at radius 2 is 0.714 bits per heavy atom. The van der Waals surface area contributed by atoms with Gasteiger partial charge in [0.1, 0.15) is 0 Å². The first-order valence-electron chi connectivity index (χ1n) is 18.7. The standard InChI is InChI=1S/C38H76N2Si2/c1-11-17-19-21-23-24-26-28-30-42(9,10)38-32-35(33-39(13-3)14-4)37(31-36(38)34-40(15-5)16-6)41(7,8)29-27-25-22-20-18-12-2/h31-32H,11-30,33-34H2,1-10H3. The minimum atomic E-state index is -1.56. The van der Waals surface area contributed by atoms with Crippen LogP contribution in [0.4, 0.5) is 0 Å². The van der Waals surface area contributed by atoms with Crippen LogP contribution in [0.5, 0.6) is 0 Å². The van der Waals surface area contributed by atoms with E-state index in [1.54, 1.807) is 21.5 Å². The smallest absolute Gasteiger partial charge is 0.0810 e. The summed E-state index contributed by atoms with van der Waals surface area (Å²) in [6, 6.07) is 8.46. The SMILES string of the molecule is CCCCCCCCCC[Si](C)(C)c1cc(CN(CC)CC)c([Si](C)(C)CCCCCCCC)cc1CN(CC)CC. The van der Waals surface area contributed by atoms with E-state index in [1.807, 2.05) is 0 Å². The molecule has 0 aliphatic heterocycles. The molecule has 0 spiro atoms. The molecule has 0 saturated carbocycles. The van der Waals surface area contributed by atoms with Crippen LogP contribution in [0.1, 0.15) is 143 Å². The van der Waals surface area contributed by atoms with Gasteiger partial charge in [-0.3, -0.25) is 9.80 Å². The van der Waals surface area contributed by atoms with Crippen LogP contribution in [0.25, 0.3) is 0 Å². The van der Waals surface area contributed by atoms with Gasteiger partial charge in [-0.2, -0.15) is 0 Å². The van der Waals surface area contributed by atoms with E-state index in [9.17, 15) is 0 Å². The molecule has 42 heavy (non-hydrogen) atoms. The van der Waals surface area contributed by atoms with E-state index in [0.29, 0.717) is 0 Å². The Kier molecular flexibility index (Phi) is 20.9. The van der Waals surface area contributed by atoms with Crippen LogP contribution >= 0.6 is 0 Å². The second-order valence-corrected chi connectivity index (χ2v) is 24.2. The van der Waals surface area contributed by atoms with Gasteiger partial charge in [0.2, 0.25) is 0 Å². The van der Waals surface area contributed by atoms with Crippen molar-refractivity contribution in [2.75, 3.05) is 26.2 Å². The summed E-state index contributed by atoms with van der Waals surface area (Å²) < 4.78 is 0. The Labute approximate surface area is 267 Å². The first-order chi connectivity index (χ1) is 20.1. The van der Waals surface area contributed by atoms with Gasteiger partial charge in [-0.1, -0.05) is 192 Å². The molecule has 0 aliphatic carbocycles. The average Bonchev–Trinajstić information content (AvgIpc) is 2.97. The highest BCUT2D eigenvalue weighted by Gasteiger charge is 2.32. The van der Waals surface area contributed by atoms with Crippen LogP contribution in [0.15, 0.2) is 12.1 Å². The molecule has 0 atom stereocenters. The third-order valence-corrected chi connectivity index (χ3v) is 17.2. The molecule has 0 N–H and O–H groups in total. The first kappa shape index (κ1) is 39.6. The molecular formula is C38H76N2Si2. The number of nitrogens with zero attached hydrogens (tertiary/aromatic N) is 2. The molecule has 246 valence electrons. The van der Waals surface area contributed by atoms with Crippen molar-refractivity contribution in [2.24, 2.45) is 0 Å². The van der Waals surface area contributed by atoms with Crippen molar-refractivity contribution < 1.29 is 0 Å². The minimum Gasteiger partial charge on any atom is -0.300 e. The monoisotopic (exact) mass is 617 g/mol. The zero-order chi connectivity index (χ0) is 31.4. The van der Waals surface area contributed by atoms with E-state index in [-0.39, 0.29) is 0 Å². The van der Waals surface area contributed by atoms with Crippen LogP contribution in [0, 0.1) is 0 Å². The largest absolute Gasteiger partial charge is 0.300 e. The molecule has 0 heterocycles. The van der Waals surface area contributed by atoms with Crippen LogP contribution in [-0.4, -0.2) is 52.1 Å². The van der Waals surface area contributed by atoms with Crippen molar-refractivity contribution in [3.8, 4) is 0 Å². The summed E-state index contributed by atoms with van der Waals surface area (Å²) in [5, 5.41) is 3.57. The van der Waals surface area contributed by atoms with Crippen LogP contribution in [0.2, 0.25) is 38.3 Å². The van der Waals surface area contributed by atoms with Gasteiger partial charge in [-0.25, -0.2) is 0 Å². The fourth-order valence-electron chi connectivity index (χ4n) is 6.90. The predicted molar refractivity (Wildman–Crippen MR) is 200 cm³/mol. The molecule has 0 radical (unpaired) electrons. The number of unbranched alkanes of at least 4 members (excludes halogenated alkanes) is 12. The molecule has 0 aromatic heterocycles. The van der Waals surface area contributed by atoms with E-state index in [1.165, 1.54) is 102 Å². The van der Waals surface area contributed by atoms with Gasteiger partial charge in [0.05, 0.1) is 16.1 Å². The molecule has 0 amide bonds. The van der Waals surface area contributed by atoms with Gasteiger partial charge >= 0.3 is 0 Å². The van der Waals surface area contributed by atoms with E-state index in [4.69, 9.17) is 0 Å². The zero-order valence-corrected chi connectivity index (χ0v) is 32.6. The maximum absolute atomic E-state index is 2.79. The quantitative estimate of drug-likeness (QED) is 0.0754. The van der Waals surface area contributed by atoms with Gasteiger partial charge in [0.25, 0.3) is 0 Å². The van der Waals surface area contributed by atoms with Gasteiger partial charge < -0.3 is 0 Å². The van der Waals surface area contributed by atoms with Crippen LogP contribution in [0.3, 0.4) is 0 Å². The number of rotatable bonds is 26. The highest BCUT2D eigenvalue weighted by atomic mass is 28.3. The summed E-state index contributed by atoms with van der Waals surface area (Å²) in [6.07, 6.45) is 19.8. The van der Waals surface area contributed by atoms with Gasteiger partial charge in [-0.15, -0.1) is 0 Å². The highest BCUT2D eigenvalue weighted by Crippen LogP contribution is 2.24. The summed E-state index contributed by atoms with van der Waals surface area (Å²) in [5.41, 5.74) is 3.38. The summed E-state index contributed by atoms with van der Waals surface area (Å²) in [5.74, 6) is 0. The Hall–Kier alpha value is -0.426. The zero-order valence-electron chi connectivity index (χ0n) is 30.6.